The van der Waals surface area contributed by atoms with E-state index in [4.69, 9.17) is 16.6 Å². The molecule has 0 bridgehead atoms. The van der Waals surface area contributed by atoms with Crippen molar-refractivity contribution in [2.45, 2.75) is 26.7 Å². The van der Waals surface area contributed by atoms with E-state index in [0.29, 0.717) is 34.4 Å². The summed E-state index contributed by atoms with van der Waals surface area (Å²) in [6.07, 6.45) is 4.10. The summed E-state index contributed by atoms with van der Waals surface area (Å²) in [4.78, 5) is 26.8. The van der Waals surface area contributed by atoms with Crippen LogP contribution in [0.25, 0.3) is 6.08 Å². The van der Waals surface area contributed by atoms with Crippen molar-refractivity contribution in [2.24, 2.45) is 0 Å². The third-order valence-corrected chi connectivity index (χ3v) is 5.73. The Labute approximate surface area is 167 Å². The largest absolute Gasteiger partial charge is 0.465 e. The average molecular weight is 401 g/mol. The van der Waals surface area contributed by atoms with E-state index < -0.39 is 0 Å². The molecule has 1 aromatic heterocycles. The molecule has 1 aliphatic heterocycles. The van der Waals surface area contributed by atoms with Gasteiger partial charge in [0, 0.05) is 24.7 Å². The van der Waals surface area contributed by atoms with Gasteiger partial charge in [0.1, 0.15) is 10.1 Å². The van der Waals surface area contributed by atoms with Crippen LogP contribution in [0.2, 0.25) is 0 Å². The van der Waals surface area contributed by atoms with Crippen LogP contribution < -0.4 is 5.32 Å². The summed E-state index contributed by atoms with van der Waals surface area (Å²) in [5.74, 6) is 0.403. The van der Waals surface area contributed by atoms with Gasteiger partial charge in [0.2, 0.25) is 5.91 Å². The van der Waals surface area contributed by atoms with Crippen molar-refractivity contribution >= 4 is 51.9 Å². The van der Waals surface area contributed by atoms with Crippen molar-refractivity contribution in [1.29, 1.82) is 0 Å². The normalized spacial score (nSPS) is 15.6. The zero-order chi connectivity index (χ0) is 19.4. The molecule has 0 aliphatic carbocycles. The molecule has 2 amide bonds. The first-order chi connectivity index (χ1) is 13.0. The van der Waals surface area contributed by atoms with Crippen LogP contribution in [-0.2, 0) is 9.59 Å². The Kier molecular flexibility index (Phi) is 6.13. The van der Waals surface area contributed by atoms with E-state index >= 15 is 0 Å². The lowest BCUT2D eigenvalue weighted by Gasteiger charge is -2.14. The zero-order valence-electron chi connectivity index (χ0n) is 15.2. The van der Waals surface area contributed by atoms with Crippen molar-refractivity contribution in [2.75, 3.05) is 11.9 Å². The molecule has 1 N–H and O–H groups in total. The van der Waals surface area contributed by atoms with Gasteiger partial charge in [-0.1, -0.05) is 36.1 Å². The highest BCUT2D eigenvalue weighted by Gasteiger charge is 2.31. The number of amides is 2. The van der Waals surface area contributed by atoms with Gasteiger partial charge in [0.15, 0.2) is 0 Å². The second-order valence-corrected chi connectivity index (χ2v) is 7.92. The van der Waals surface area contributed by atoms with Gasteiger partial charge in [0.25, 0.3) is 5.91 Å². The third-order valence-electron chi connectivity index (χ3n) is 4.35. The van der Waals surface area contributed by atoms with Crippen molar-refractivity contribution in [3.05, 3.63) is 58.4 Å². The van der Waals surface area contributed by atoms with Crippen LogP contribution in [0.3, 0.4) is 0 Å². The Morgan fingerprint density at radius 2 is 2.11 bits per heavy atom. The summed E-state index contributed by atoms with van der Waals surface area (Å²) in [6.45, 7) is 4.41. The lowest BCUT2D eigenvalue weighted by Crippen LogP contribution is -2.29. The summed E-state index contributed by atoms with van der Waals surface area (Å²) >= 11 is 6.56. The highest BCUT2D eigenvalue weighted by Crippen LogP contribution is 2.32. The van der Waals surface area contributed by atoms with Crippen LogP contribution in [0.15, 0.2) is 45.9 Å². The maximum atomic E-state index is 12.5. The highest BCUT2D eigenvalue weighted by molar-refractivity contribution is 8.26. The average Bonchev–Trinajstić information content (AvgIpc) is 3.23. The molecule has 27 heavy (non-hydrogen) atoms. The van der Waals surface area contributed by atoms with Gasteiger partial charge in [-0.25, -0.2) is 0 Å². The summed E-state index contributed by atoms with van der Waals surface area (Å²) in [5, 5.41) is 2.93. The fourth-order valence-corrected chi connectivity index (χ4v) is 3.98. The molecule has 0 unspecified atom stereocenters. The number of hydrogen-bond donors (Lipinski definition) is 1. The number of carbonyl (C=O) groups excluding carboxylic acids is 2. The molecule has 1 aromatic carbocycles. The molecule has 3 rings (SSSR count). The number of nitrogens with zero attached hydrogens (tertiary/aromatic N) is 1. The van der Waals surface area contributed by atoms with E-state index in [1.165, 1.54) is 11.8 Å². The second-order valence-electron chi connectivity index (χ2n) is 6.25. The molecule has 5 nitrogen and oxygen atoms in total. The molecule has 1 fully saturated rings. The molecule has 140 valence electrons. The van der Waals surface area contributed by atoms with E-state index in [0.717, 1.165) is 16.8 Å². The Balaban J connectivity index is 1.52. The number of carbonyl (C=O) groups is 2. The number of benzene rings is 1. The molecule has 1 aliphatic rings. The van der Waals surface area contributed by atoms with Crippen LogP contribution in [0.4, 0.5) is 5.69 Å². The lowest BCUT2D eigenvalue weighted by atomic mass is 10.1. The molecule has 2 heterocycles. The standard InChI is InChI=1S/C20H20N2O3S2/c1-13-6-3-8-16(14(13)2)21-18(23)9-4-10-22-19(24)17(27-20(22)26)12-15-7-5-11-25-15/h3,5-8,11-12H,4,9-10H2,1-2H3,(H,21,23)/b17-12+. The van der Waals surface area contributed by atoms with Gasteiger partial charge in [-0.2, -0.15) is 0 Å². The fourth-order valence-electron chi connectivity index (χ4n) is 2.69. The Bertz CT molecular complexity index is 904. The van der Waals surface area contributed by atoms with Crippen molar-refractivity contribution in [3.8, 4) is 0 Å². The molecule has 1 saturated heterocycles. The quantitative estimate of drug-likeness (QED) is 0.571. The maximum Gasteiger partial charge on any atom is 0.266 e. The number of hydrogen-bond acceptors (Lipinski definition) is 5. The summed E-state index contributed by atoms with van der Waals surface area (Å²) in [6, 6.07) is 9.37. The SMILES string of the molecule is Cc1cccc(NC(=O)CCCN2C(=O)/C(=C\c3ccco3)SC2=S)c1C. The van der Waals surface area contributed by atoms with E-state index in [2.05, 4.69) is 5.32 Å². The number of thioether (sulfide) groups is 1. The number of furan rings is 1. The minimum absolute atomic E-state index is 0.0692. The van der Waals surface area contributed by atoms with Gasteiger partial charge < -0.3 is 9.73 Å². The van der Waals surface area contributed by atoms with Gasteiger partial charge in [0.05, 0.1) is 11.2 Å². The van der Waals surface area contributed by atoms with Crippen LogP contribution in [0.5, 0.6) is 0 Å². The molecule has 0 radical (unpaired) electrons. The topological polar surface area (TPSA) is 62.6 Å². The van der Waals surface area contributed by atoms with Crippen LogP contribution in [-0.4, -0.2) is 27.6 Å². The van der Waals surface area contributed by atoms with Gasteiger partial charge in [-0.05, 0) is 49.6 Å². The zero-order valence-corrected chi connectivity index (χ0v) is 16.8. The maximum absolute atomic E-state index is 12.5. The first kappa shape index (κ1) is 19.4. The molecular weight excluding hydrogens is 380 g/mol. The molecular formula is C20H20N2O3S2. The summed E-state index contributed by atoms with van der Waals surface area (Å²) in [5.41, 5.74) is 3.02. The summed E-state index contributed by atoms with van der Waals surface area (Å²) in [7, 11) is 0. The Hall–Kier alpha value is -2.38. The fraction of sp³-hybridized carbons (Fsp3) is 0.250. The van der Waals surface area contributed by atoms with Gasteiger partial charge in [-0.3, -0.25) is 14.5 Å². The van der Waals surface area contributed by atoms with Crippen molar-refractivity contribution in [3.63, 3.8) is 0 Å². The first-order valence-corrected chi connectivity index (χ1v) is 9.83. The van der Waals surface area contributed by atoms with E-state index in [-0.39, 0.29) is 11.8 Å². The second kappa shape index (κ2) is 8.54. The minimum Gasteiger partial charge on any atom is -0.465 e. The predicted molar refractivity (Wildman–Crippen MR) is 112 cm³/mol. The number of aryl methyl sites for hydroxylation is 1. The van der Waals surface area contributed by atoms with Crippen LogP contribution >= 0.6 is 24.0 Å². The molecule has 0 saturated carbocycles. The minimum atomic E-state index is -0.142. The van der Waals surface area contributed by atoms with E-state index in [1.54, 1.807) is 29.4 Å². The number of nitrogens with one attached hydrogen (secondary N) is 1. The molecule has 7 heteroatoms. The smallest absolute Gasteiger partial charge is 0.266 e. The lowest BCUT2D eigenvalue weighted by molar-refractivity contribution is -0.122. The molecule has 2 aromatic rings. The van der Waals surface area contributed by atoms with Crippen molar-refractivity contribution < 1.29 is 14.0 Å². The molecule has 0 spiro atoms. The summed E-state index contributed by atoms with van der Waals surface area (Å²) < 4.78 is 5.75. The third kappa shape index (κ3) is 4.67. The number of thiocarbonyl (C=S) groups is 1. The van der Waals surface area contributed by atoms with Gasteiger partial charge >= 0.3 is 0 Å². The monoisotopic (exact) mass is 400 g/mol. The van der Waals surface area contributed by atoms with Crippen LogP contribution in [0.1, 0.15) is 29.7 Å². The highest BCUT2D eigenvalue weighted by atomic mass is 32.2. The first-order valence-electron chi connectivity index (χ1n) is 8.60. The van der Waals surface area contributed by atoms with E-state index in [1.807, 2.05) is 32.0 Å². The number of anilines is 1. The number of rotatable bonds is 6. The Morgan fingerprint density at radius 1 is 1.30 bits per heavy atom. The molecule has 0 atom stereocenters. The van der Waals surface area contributed by atoms with E-state index in [9.17, 15) is 9.59 Å². The Morgan fingerprint density at radius 3 is 2.85 bits per heavy atom. The van der Waals surface area contributed by atoms with Gasteiger partial charge in [-0.15, -0.1) is 0 Å². The van der Waals surface area contributed by atoms with Crippen LogP contribution in [0, 0.1) is 13.8 Å². The predicted octanol–water partition coefficient (Wildman–Crippen LogP) is 4.52. The van der Waals surface area contributed by atoms with Crippen molar-refractivity contribution in [1.82, 2.24) is 4.90 Å².